The molecule has 0 fully saturated rings. The summed E-state index contributed by atoms with van der Waals surface area (Å²) in [7, 11) is 0. The van der Waals surface area contributed by atoms with Crippen LogP contribution in [0.1, 0.15) is 11.6 Å². The average Bonchev–Trinajstić information content (AvgIpc) is 2.77. The summed E-state index contributed by atoms with van der Waals surface area (Å²) in [6.07, 6.45) is 0.206. The number of aromatic nitrogens is 3. The van der Waals surface area contributed by atoms with Crippen molar-refractivity contribution in [2.75, 3.05) is 0 Å². The highest BCUT2D eigenvalue weighted by molar-refractivity contribution is 7.98. The Morgan fingerprint density at radius 1 is 1.35 bits per heavy atom. The number of nitrogens with zero attached hydrogens (tertiary/aromatic N) is 3. The molecule has 1 heterocycles. The van der Waals surface area contributed by atoms with Crippen molar-refractivity contribution < 1.29 is 4.39 Å². The van der Waals surface area contributed by atoms with Crippen molar-refractivity contribution in [1.29, 1.82) is 5.26 Å². The Balaban J connectivity index is 1.93. The lowest BCUT2D eigenvalue weighted by atomic mass is 10.4. The van der Waals surface area contributed by atoms with Gasteiger partial charge in [0.2, 0.25) is 0 Å². The first kappa shape index (κ1) is 11.6. The first-order chi connectivity index (χ1) is 8.28. The van der Waals surface area contributed by atoms with E-state index in [0.717, 1.165) is 4.90 Å². The van der Waals surface area contributed by atoms with E-state index in [4.69, 9.17) is 5.26 Å². The molecule has 0 aliphatic rings. The molecular weight excluding hydrogens is 239 g/mol. The molecule has 86 valence electrons. The standard InChI is InChI=1S/C11H9FN4S/c12-8-1-3-9(4-2-8)17-7-11-14-10(5-6-13)15-16-11/h1-4H,5,7H2,(H,14,15,16). The van der Waals surface area contributed by atoms with Crippen LogP contribution in [-0.4, -0.2) is 15.2 Å². The molecule has 6 heteroatoms. The zero-order chi connectivity index (χ0) is 12.1. The second-order valence-electron chi connectivity index (χ2n) is 3.28. The molecule has 1 aromatic heterocycles. The molecule has 0 saturated heterocycles. The normalized spacial score (nSPS) is 10.1. The molecule has 0 amide bonds. The van der Waals surface area contributed by atoms with Crippen LogP contribution in [0.3, 0.4) is 0 Å². The van der Waals surface area contributed by atoms with Gasteiger partial charge in [0, 0.05) is 4.90 Å². The van der Waals surface area contributed by atoms with Crippen LogP contribution in [0, 0.1) is 17.1 Å². The van der Waals surface area contributed by atoms with E-state index in [1.165, 1.54) is 23.9 Å². The predicted molar refractivity (Wildman–Crippen MR) is 61.7 cm³/mol. The van der Waals surface area contributed by atoms with Crippen LogP contribution in [0.15, 0.2) is 29.2 Å². The molecule has 0 radical (unpaired) electrons. The van der Waals surface area contributed by atoms with Crippen molar-refractivity contribution >= 4 is 11.8 Å². The SMILES string of the molecule is N#CCc1n[nH]c(CSc2ccc(F)cc2)n1. The highest BCUT2D eigenvalue weighted by Gasteiger charge is 2.03. The summed E-state index contributed by atoms with van der Waals surface area (Å²) in [6.45, 7) is 0. The number of rotatable bonds is 4. The summed E-state index contributed by atoms with van der Waals surface area (Å²) in [5.41, 5.74) is 0. The minimum atomic E-state index is -0.245. The molecular formula is C11H9FN4S. The quantitative estimate of drug-likeness (QED) is 0.843. The lowest BCUT2D eigenvalue weighted by molar-refractivity contribution is 0.626. The third-order valence-corrected chi connectivity index (χ3v) is 3.03. The molecule has 4 nitrogen and oxygen atoms in total. The van der Waals surface area contributed by atoms with Gasteiger partial charge in [-0.2, -0.15) is 10.4 Å². The second-order valence-corrected chi connectivity index (χ2v) is 4.32. The molecule has 1 N–H and O–H groups in total. The Labute approximate surface area is 102 Å². The van der Waals surface area contributed by atoms with Gasteiger partial charge in [0.15, 0.2) is 5.82 Å². The molecule has 2 rings (SSSR count). The van der Waals surface area contributed by atoms with Gasteiger partial charge in [-0.3, -0.25) is 5.10 Å². The summed E-state index contributed by atoms with van der Waals surface area (Å²) < 4.78 is 12.7. The van der Waals surface area contributed by atoms with Crippen LogP contribution < -0.4 is 0 Å². The zero-order valence-electron chi connectivity index (χ0n) is 8.85. The maximum Gasteiger partial charge on any atom is 0.164 e. The lowest BCUT2D eigenvalue weighted by Crippen LogP contribution is -1.86. The topological polar surface area (TPSA) is 65.4 Å². The van der Waals surface area contributed by atoms with Crippen LogP contribution in [0.5, 0.6) is 0 Å². The summed E-state index contributed by atoms with van der Waals surface area (Å²) >= 11 is 1.53. The minimum Gasteiger partial charge on any atom is -0.262 e. The first-order valence-electron chi connectivity index (χ1n) is 4.93. The summed E-state index contributed by atoms with van der Waals surface area (Å²) in [6, 6.07) is 8.25. The predicted octanol–water partition coefficient (Wildman–Crippen LogP) is 2.30. The van der Waals surface area contributed by atoms with Crippen molar-refractivity contribution in [1.82, 2.24) is 15.2 Å². The molecule has 0 aliphatic carbocycles. The van der Waals surface area contributed by atoms with E-state index >= 15 is 0 Å². The maximum atomic E-state index is 12.7. The fourth-order valence-electron chi connectivity index (χ4n) is 1.23. The number of thioether (sulfide) groups is 1. The third kappa shape index (κ3) is 3.29. The van der Waals surface area contributed by atoms with Crippen molar-refractivity contribution in [3.8, 4) is 6.07 Å². The number of nitriles is 1. The first-order valence-corrected chi connectivity index (χ1v) is 5.92. The van der Waals surface area contributed by atoms with E-state index in [2.05, 4.69) is 15.2 Å². The molecule has 0 aliphatic heterocycles. The van der Waals surface area contributed by atoms with E-state index in [-0.39, 0.29) is 12.2 Å². The van der Waals surface area contributed by atoms with Gasteiger partial charge < -0.3 is 0 Å². The second kappa shape index (κ2) is 5.46. The molecule has 0 atom stereocenters. The minimum absolute atomic E-state index is 0.206. The third-order valence-electron chi connectivity index (χ3n) is 2.00. The fraction of sp³-hybridized carbons (Fsp3) is 0.182. The van der Waals surface area contributed by atoms with Crippen molar-refractivity contribution in [3.05, 3.63) is 41.7 Å². The van der Waals surface area contributed by atoms with Gasteiger partial charge in [0.25, 0.3) is 0 Å². The van der Waals surface area contributed by atoms with Crippen molar-refractivity contribution in [2.24, 2.45) is 0 Å². The summed E-state index contributed by atoms with van der Waals surface area (Å²) in [5.74, 6) is 1.58. The smallest absolute Gasteiger partial charge is 0.164 e. The number of benzene rings is 1. The highest BCUT2D eigenvalue weighted by atomic mass is 32.2. The summed E-state index contributed by atoms with van der Waals surface area (Å²) in [4.78, 5) is 5.11. The molecule has 2 aromatic rings. The van der Waals surface area contributed by atoms with Crippen LogP contribution in [0.2, 0.25) is 0 Å². The van der Waals surface area contributed by atoms with Gasteiger partial charge in [0.1, 0.15) is 11.6 Å². The van der Waals surface area contributed by atoms with Gasteiger partial charge in [-0.1, -0.05) is 0 Å². The maximum absolute atomic E-state index is 12.7. The average molecular weight is 248 g/mol. The fourth-order valence-corrected chi connectivity index (χ4v) is 1.99. The Morgan fingerprint density at radius 3 is 2.82 bits per heavy atom. The number of nitrogens with one attached hydrogen (secondary N) is 1. The van der Waals surface area contributed by atoms with Gasteiger partial charge in [-0.15, -0.1) is 11.8 Å². The van der Waals surface area contributed by atoms with E-state index in [9.17, 15) is 4.39 Å². The van der Waals surface area contributed by atoms with Gasteiger partial charge in [-0.05, 0) is 24.3 Å². The monoisotopic (exact) mass is 248 g/mol. The van der Waals surface area contributed by atoms with E-state index in [1.54, 1.807) is 12.1 Å². The Bertz CT molecular complexity index is 529. The molecule has 0 bridgehead atoms. The van der Waals surface area contributed by atoms with Crippen LogP contribution in [-0.2, 0) is 12.2 Å². The van der Waals surface area contributed by atoms with Gasteiger partial charge >= 0.3 is 0 Å². The van der Waals surface area contributed by atoms with Gasteiger partial charge in [-0.25, -0.2) is 9.37 Å². The Hall–Kier alpha value is -1.87. The lowest BCUT2D eigenvalue weighted by Gasteiger charge is -1.98. The van der Waals surface area contributed by atoms with Crippen LogP contribution in [0.25, 0.3) is 0 Å². The molecule has 0 saturated carbocycles. The number of hydrogen-bond acceptors (Lipinski definition) is 4. The number of hydrogen-bond donors (Lipinski definition) is 1. The van der Waals surface area contributed by atoms with Crippen LogP contribution >= 0.6 is 11.8 Å². The highest BCUT2D eigenvalue weighted by Crippen LogP contribution is 2.21. The summed E-state index contributed by atoms with van der Waals surface area (Å²) in [5, 5.41) is 15.1. The van der Waals surface area contributed by atoms with E-state index in [0.29, 0.717) is 17.4 Å². The van der Waals surface area contributed by atoms with E-state index in [1.807, 2.05) is 6.07 Å². The Morgan fingerprint density at radius 2 is 2.12 bits per heavy atom. The van der Waals surface area contributed by atoms with Gasteiger partial charge in [0.05, 0.1) is 18.2 Å². The molecule has 0 spiro atoms. The Kier molecular flexibility index (Phi) is 3.73. The number of halogens is 1. The molecule has 1 aromatic carbocycles. The van der Waals surface area contributed by atoms with Crippen LogP contribution in [0.4, 0.5) is 4.39 Å². The number of H-pyrrole nitrogens is 1. The zero-order valence-corrected chi connectivity index (χ0v) is 9.67. The molecule has 0 unspecified atom stereocenters. The van der Waals surface area contributed by atoms with Crippen molar-refractivity contribution in [3.63, 3.8) is 0 Å². The van der Waals surface area contributed by atoms with Crippen molar-refractivity contribution in [2.45, 2.75) is 17.1 Å². The number of aromatic amines is 1. The largest absolute Gasteiger partial charge is 0.262 e. The molecule has 17 heavy (non-hydrogen) atoms. The van der Waals surface area contributed by atoms with E-state index < -0.39 is 0 Å².